The predicted molar refractivity (Wildman–Crippen MR) is 44.3 cm³/mol. The minimum absolute atomic E-state index is 0.415. The molecule has 1 aromatic rings. The molecule has 1 aromatic carbocycles. The fraction of sp³-hybridized carbons (Fsp3) is 0.333. The zero-order chi connectivity index (χ0) is 9.14. The molecule has 60 valence electrons. The average Bonchev–Trinajstić information content (AvgIpc) is 2.09. The largest absolute Gasteiger partial charge is 0.497 e. The highest BCUT2D eigenvalue weighted by Crippen LogP contribution is 2.21. The van der Waals surface area contributed by atoms with Gasteiger partial charge in [0.2, 0.25) is 0 Å². The molecule has 0 unspecified atom stereocenters. The Morgan fingerprint density at radius 2 is 1.82 bits per heavy atom. The quantitative estimate of drug-likeness (QED) is 0.647. The van der Waals surface area contributed by atoms with E-state index >= 15 is 0 Å². The Morgan fingerprint density at radius 1 is 1.18 bits per heavy atom. The highest BCUT2D eigenvalue weighted by Gasteiger charge is 1.96. The lowest BCUT2D eigenvalue weighted by Crippen LogP contribution is -1.87. The first-order chi connectivity index (χ1) is 5.69. The zero-order valence-corrected chi connectivity index (χ0v) is 6.97. The molecule has 0 atom stereocenters. The smallest absolute Gasteiger partial charge is 0.122 e. The van der Waals surface area contributed by atoms with E-state index in [0.717, 1.165) is 11.3 Å². The molecular weight excluding hydrogens is 140 g/mol. The second-order valence-electron chi connectivity index (χ2n) is 2.27. The molecule has 0 radical (unpaired) electrons. The van der Waals surface area contributed by atoms with Crippen LogP contribution in [0.15, 0.2) is 18.2 Å². The molecule has 0 aliphatic heterocycles. The van der Waals surface area contributed by atoms with Crippen molar-refractivity contribution in [3.05, 3.63) is 23.7 Å². The summed E-state index contributed by atoms with van der Waals surface area (Å²) >= 11 is 0. The molecule has 0 saturated heterocycles. The molecule has 1 rings (SSSR count). The standard InChI is InChI=1S/C9H12O2/c1-7-4-8(10-2)6-9(5-7)11-3/h4-6H,1-3H3/i4D. The molecule has 0 fully saturated rings. The minimum Gasteiger partial charge on any atom is -0.497 e. The van der Waals surface area contributed by atoms with E-state index in [-0.39, 0.29) is 0 Å². The fourth-order valence-electron chi connectivity index (χ4n) is 0.879. The van der Waals surface area contributed by atoms with Gasteiger partial charge < -0.3 is 9.47 Å². The third-order valence-corrected chi connectivity index (χ3v) is 1.41. The van der Waals surface area contributed by atoms with Gasteiger partial charge in [0.15, 0.2) is 0 Å². The summed E-state index contributed by atoms with van der Waals surface area (Å²) in [5.41, 5.74) is 0.853. The maximum absolute atomic E-state index is 7.59. The number of methoxy groups -OCH3 is 2. The Morgan fingerprint density at radius 3 is 2.36 bits per heavy atom. The molecule has 0 aromatic heterocycles. The van der Waals surface area contributed by atoms with E-state index in [2.05, 4.69) is 0 Å². The van der Waals surface area contributed by atoms with Crippen LogP contribution in [0.25, 0.3) is 0 Å². The van der Waals surface area contributed by atoms with Crippen LogP contribution in [0.1, 0.15) is 6.93 Å². The highest BCUT2D eigenvalue weighted by molar-refractivity contribution is 5.37. The second kappa shape index (κ2) is 3.28. The van der Waals surface area contributed by atoms with Gasteiger partial charge in [0, 0.05) is 6.07 Å². The van der Waals surface area contributed by atoms with E-state index in [9.17, 15) is 0 Å². The van der Waals surface area contributed by atoms with E-state index in [1.54, 1.807) is 20.3 Å². The molecule has 11 heavy (non-hydrogen) atoms. The number of benzene rings is 1. The van der Waals surface area contributed by atoms with Gasteiger partial charge in [0.05, 0.1) is 15.6 Å². The molecule has 0 aliphatic rings. The minimum atomic E-state index is 0.415. The topological polar surface area (TPSA) is 18.5 Å². The van der Waals surface area contributed by atoms with Gasteiger partial charge in [-0.05, 0) is 24.6 Å². The third kappa shape index (κ3) is 1.87. The molecule has 2 nitrogen and oxygen atoms in total. The van der Waals surface area contributed by atoms with Crippen molar-refractivity contribution in [2.75, 3.05) is 14.2 Å². The lowest BCUT2D eigenvalue weighted by Gasteiger charge is -2.04. The summed E-state index contributed by atoms with van der Waals surface area (Å²) in [6, 6.07) is 3.93. The SMILES string of the molecule is [2H]c1c(C)cc(OC)cc1OC. The normalized spacial score (nSPS) is 10.6. The van der Waals surface area contributed by atoms with Crippen LogP contribution in [-0.4, -0.2) is 14.2 Å². The molecule has 0 amide bonds. The molecule has 0 bridgehead atoms. The number of aryl methyl sites for hydroxylation is 1. The Bertz CT molecular complexity index is 284. The van der Waals surface area contributed by atoms with Gasteiger partial charge in [-0.1, -0.05) is 0 Å². The number of rotatable bonds is 2. The Balaban J connectivity index is 3.19. The summed E-state index contributed by atoms with van der Waals surface area (Å²) in [5.74, 6) is 1.27. The molecular formula is C9H12O2. The van der Waals surface area contributed by atoms with Crippen LogP contribution < -0.4 is 9.47 Å². The van der Waals surface area contributed by atoms with Gasteiger partial charge in [-0.25, -0.2) is 0 Å². The first kappa shape index (κ1) is 6.53. The van der Waals surface area contributed by atoms with Crippen molar-refractivity contribution in [2.45, 2.75) is 6.92 Å². The first-order valence-electron chi connectivity index (χ1n) is 3.88. The summed E-state index contributed by atoms with van der Waals surface area (Å²) in [6.45, 7) is 1.85. The lowest BCUT2D eigenvalue weighted by molar-refractivity contribution is 0.394. The maximum atomic E-state index is 7.59. The van der Waals surface area contributed by atoms with Crippen LogP contribution in [0.4, 0.5) is 0 Å². The van der Waals surface area contributed by atoms with Gasteiger partial charge in [0.1, 0.15) is 11.5 Å². The summed E-state index contributed by atoms with van der Waals surface area (Å²) in [7, 11) is 3.14. The van der Waals surface area contributed by atoms with E-state index in [4.69, 9.17) is 10.8 Å². The Hall–Kier alpha value is -1.18. The maximum Gasteiger partial charge on any atom is 0.122 e. The van der Waals surface area contributed by atoms with Crippen LogP contribution in [0.5, 0.6) is 11.5 Å². The van der Waals surface area contributed by atoms with Crippen LogP contribution in [0, 0.1) is 6.92 Å². The van der Waals surface area contributed by atoms with Crippen molar-refractivity contribution in [1.82, 2.24) is 0 Å². The van der Waals surface area contributed by atoms with Crippen LogP contribution in [0.2, 0.25) is 0 Å². The Labute approximate surface area is 68.2 Å². The molecule has 0 N–H and O–H groups in total. The van der Waals surface area contributed by atoms with Crippen LogP contribution in [-0.2, 0) is 0 Å². The van der Waals surface area contributed by atoms with Crippen molar-refractivity contribution in [1.29, 1.82) is 0 Å². The highest BCUT2D eigenvalue weighted by atomic mass is 16.5. The number of hydrogen-bond acceptors (Lipinski definition) is 2. The number of hydrogen-bond donors (Lipinski definition) is 0. The van der Waals surface area contributed by atoms with Crippen LogP contribution in [0.3, 0.4) is 0 Å². The monoisotopic (exact) mass is 153 g/mol. The van der Waals surface area contributed by atoms with Crippen molar-refractivity contribution < 1.29 is 10.8 Å². The lowest BCUT2D eigenvalue weighted by atomic mass is 10.2. The molecule has 0 saturated carbocycles. The molecule has 0 spiro atoms. The van der Waals surface area contributed by atoms with Gasteiger partial charge in [-0.15, -0.1) is 0 Å². The van der Waals surface area contributed by atoms with E-state index < -0.39 is 0 Å². The summed E-state index contributed by atoms with van der Waals surface area (Å²) in [4.78, 5) is 0. The summed E-state index contributed by atoms with van der Waals surface area (Å²) in [5, 5.41) is 0. The molecule has 2 heteroatoms. The molecule has 0 aliphatic carbocycles. The van der Waals surface area contributed by atoms with Crippen molar-refractivity contribution in [2.24, 2.45) is 0 Å². The van der Waals surface area contributed by atoms with Gasteiger partial charge in [-0.3, -0.25) is 0 Å². The van der Waals surface area contributed by atoms with E-state index in [1.165, 1.54) is 0 Å². The van der Waals surface area contributed by atoms with E-state index in [1.807, 2.05) is 13.0 Å². The average molecular weight is 153 g/mol. The predicted octanol–water partition coefficient (Wildman–Crippen LogP) is 2.01. The van der Waals surface area contributed by atoms with Crippen LogP contribution >= 0.6 is 0 Å². The van der Waals surface area contributed by atoms with Gasteiger partial charge >= 0.3 is 0 Å². The third-order valence-electron chi connectivity index (χ3n) is 1.41. The van der Waals surface area contributed by atoms with Gasteiger partial charge in [0.25, 0.3) is 0 Å². The van der Waals surface area contributed by atoms with E-state index in [0.29, 0.717) is 11.8 Å². The van der Waals surface area contributed by atoms with Crippen molar-refractivity contribution >= 4 is 0 Å². The van der Waals surface area contributed by atoms with Crippen molar-refractivity contribution in [3.63, 3.8) is 0 Å². The summed E-state index contributed by atoms with van der Waals surface area (Å²) in [6.07, 6.45) is 0. The fourth-order valence-corrected chi connectivity index (χ4v) is 0.879. The Kier molecular flexibility index (Phi) is 1.95. The molecule has 0 heterocycles. The summed E-state index contributed by atoms with van der Waals surface area (Å²) < 4.78 is 17.6. The first-order valence-corrected chi connectivity index (χ1v) is 3.38. The zero-order valence-electron chi connectivity index (χ0n) is 7.97. The second-order valence-corrected chi connectivity index (χ2v) is 2.27. The van der Waals surface area contributed by atoms with Gasteiger partial charge in [-0.2, -0.15) is 0 Å². The van der Waals surface area contributed by atoms with Crippen molar-refractivity contribution in [3.8, 4) is 11.5 Å². The number of ether oxygens (including phenoxy) is 2.